The van der Waals surface area contributed by atoms with E-state index in [4.69, 9.17) is 9.15 Å². The molecule has 1 saturated heterocycles. The molecule has 132 valence electrons. The summed E-state index contributed by atoms with van der Waals surface area (Å²) in [4.78, 5) is 26.2. The lowest BCUT2D eigenvalue weighted by molar-refractivity contribution is 0.0774. The van der Waals surface area contributed by atoms with E-state index in [9.17, 15) is 9.59 Å². The Labute approximate surface area is 150 Å². The summed E-state index contributed by atoms with van der Waals surface area (Å²) in [7, 11) is 0. The Morgan fingerprint density at radius 1 is 1.15 bits per heavy atom. The van der Waals surface area contributed by atoms with Gasteiger partial charge >= 0.3 is 5.63 Å². The van der Waals surface area contributed by atoms with Crippen LogP contribution in [0.25, 0.3) is 10.8 Å². The third kappa shape index (κ3) is 3.20. The Morgan fingerprint density at radius 2 is 1.96 bits per heavy atom. The number of carbonyl (C=O) groups is 1. The molecule has 0 radical (unpaired) electrons. The number of carbonyl (C=O) groups excluding carboxylic acids is 1. The summed E-state index contributed by atoms with van der Waals surface area (Å²) in [5.74, 6) is 1.01. The van der Waals surface area contributed by atoms with Gasteiger partial charge in [0.15, 0.2) is 0 Å². The molecule has 5 nitrogen and oxygen atoms in total. The van der Waals surface area contributed by atoms with Crippen molar-refractivity contribution >= 4 is 16.7 Å². The van der Waals surface area contributed by atoms with Crippen LogP contribution in [0.15, 0.2) is 63.8 Å². The fourth-order valence-corrected chi connectivity index (χ4v) is 3.43. The highest BCUT2D eigenvalue weighted by Crippen LogP contribution is 2.23. The van der Waals surface area contributed by atoms with Crippen molar-refractivity contribution in [3.8, 4) is 5.75 Å². The molecule has 0 aliphatic carbocycles. The van der Waals surface area contributed by atoms with Crippen LogP contribution in [-0.4, -0.2) is 30.0 Å². The van der Waals surface area contributed by atoms with Crippen molar-refractivity contribution < 1.29 is 13.9 Å². The number of fused-ring (bicyclic) bond motifs is 1. The lowest BCUT2D eigenvalue weighted by Gasteiger charge is -2.18. The van der Waals surface area contributed by atoms with E-state index in [1.807, 2.05) is 47.4 Å². The molecule has 1 aromatic heterocycles. The van der Waals surface area contributed by atoms with Gasteiger partial charge in [0.05, 0.1) is 12.6 Å². The molecule has 4 rings (SSSR count). The molecule has 1 fully saturated rings. The Balaban J connectivity index is 1.51. The van der Waals surface area contributed by atoms with Gasteiger partial charge in [-0.15, -0.1) is 0 Å². The van der Waals surface area contributed by atoms with Crippen LogP contribution in [0.3, 0.4) is 0 Å². The van der Waals surface area contributed by atoms with Gasteiger partial charge < -0.3 is 14.1 Å². The van der Waals surface area contributed by atoms with Crippen molar-refractivity contribution in [3.05, 3.63) is 76.3 Å². The number of hydrogen-bond donors (Lipinski definition) is 0. The van der Waals surface area contributed by atoms with Crippen LogP contribution in [0.5, 0.6) is 5.75 Å². The quantitative estimate of drug-likeness (QED) is 0.727. The van der Waals surface area contributed by atoms with Crippen molar-refractivity contribution in [3.63, 3.8) is 0 Å². The van der Waals surface area contributed by atoms with Crippen molar-refractivity contribution in [1.82, 2.24) is 4.90 Å². The van der Waals surface area contributed by atoms with Gasteiger partial charge in [-0.2, -0.15) is 0 Å². The molecular formula is C21H19NO4. The van der Waals surface area contributed by atoms with Gasteiger partial charge in [-0.05, 0) is 23.8 Å². The SMILES string of the molecule is Cc1cc(OC2CCN(C(=O)c3cccc4ccccc34)C2)cc(=O)o1. The lowest BCUT2D eigenvalue weighted by atomic mass is 10.0. The van der Waals surface area contributed by atoms with Gasteiger partial charge in [0, 0.05) is 24.6 Å². The van der Waals surface area contributed by atoms with Gasteiger partial charge in [0.25, 0.3) is 5.91 Å². The van der Waals surface area contributed by atoms with Crippen molar-refractivity contribution in [2.45, 2.75) is 19.4 Å². The first-order chi connectivity index (χ1) is 12.6. The first-order valence-corrected chi connectivity index (χ1v) is 8.65. The maximum atomic E-state index is 13.0. The number of nitrogens with zero attached hydrogens (tertiary/aromatic N) is 1. The number of aryl methyl sites for hydroxylation is 1. The molecule has 1 atom stereocenters. The van der Waals surface area contributed by atoms with Crippen LogP contribution in [0.4, 0.5) is 0 Å². The third-order valence-corrected chi connectivity index (χ3v) is 4.62. The largest absolute Gasteiger partial charge is 0.488 e. The Kier molecular flexibility index (Phi) is 4.21. The first kappa shape index (κ1) is 16.4. The first-order valence-electron chi connectivity index (χ1n) is 8.65. The predicted octanol–water partition coefficient (Wildman–Crippen LogP) is 3.39. The van der Waals surface area contributed by atoms with Crippen molar-refractivity contribution in [2.24, 2.45) is 0 Å². The molecule has 2 aromatic carbocycles. The monoisotopic (exact) mass is 349 g/mol. The van der Waals surface area contributed by atoms with Crippen molar-refractivity contribution in [2.75, 3.05) is 13.1 Å². The van der Waals surface area contributed by atoms with Crippen LogP contribution < -0.4 is 10.4 Å². The Morgan fingerprint density at radius 3 is 2.81 bits per heavy atom. The smallest absolute Gasteiger partial charge is 0.339 e. The zero-order valence-electron chi connectivity index (χ0n) is 14.5. The van der Waals surface area contributed by atoms with Crippen LogP contribution in [0, 0.1) is 6.92 Å². The fraction of sp³-hybridized carbons (Fsp3) is 0.238. The van der Waals surface area contributed by atoms with E-state index < -0.39 is 5.63 Å². The molecule has 0 spiro atoms. The summed E-state index contributed by atoms with van der Waals surface area (Å²) >= 11 is 0. The molecule has 26 heavy (non-hydrogen) atoms. The van der Waals surface area contributed by atoms with E-state index >= 15 is 0 Å². The molecule has 3 aromatic rings. The van der Waals surface area contributed by atoms with Gasteiger partial charge in [-0.1, -0.05) is 36.4 Å². The summed E-state index contributed by atoms with van der Waals surface area (Å²) in [5.41, 5.74) is 0.279. The van der Waals surface area contributed by atoms with Crippen LogP contribution in [0.2, 0.25) is 0 Å². The maximum Gasteiger partial charge on any atom is 0.339 e. The van der Waals surface area contributed by atoms with Crippen molar-refractivity contribution in [1.29, 1.82) is 0 Å². The molecule has 0 saturated carbocycles. The molecule has 1 unspecified atom stereocenters. The summed E-state index contributed by atoms with van der Waals surface area (Å²) in [5, 5.41) is 2.01. The summed E-state index contributed by atoms with van der Waals surface area (Å²) in [6, 6.07) is 16.7. The summed E-state index contributed by atoms with van der Waals surface area (Å²) in [6.45, 7) is 2.84. The minimum atomic E-state index is -0.429. The maximum absolute atomic E-state index is 13.0. The molecule has 0 N–H and O–H groups in total. The summed E-state index contributed by atoms with van der Waals surface area (Å²) in [6.07, 6.45) is 0.602. The van der Waals surface area contributed by atoms with Gasteiger partial charge in [-0.25, -0.2) is 4.79 Å². The van der Waals surface area contributed by atoms with E-state index in [1.54, 1.807) is 13.0 Å². The zero-order chi connectivity index (χ0) is 18.1. The average Bonchev–Trinajstić information content (AvgIpc) is 3.08. The highest BCUT2D eigenvalue weighted by atomic mass is 16.5. The predicted molar refractivity (Wildman–Crippen MR) is 98.6 cm³/mol. The van der Waals surface area contributed by atoms with E-state index in [0.717, 1.165) is 17.2 Å². The number of hydrogen-bond acceptors (Lipinski definition) is 4. The zero-order valence-corrected chi connectivity index (χ0v) is 14.5. The number of benzene rings is 2. The number of amides is 1. The number of rotatable bonds is 3. The van der Waals surface area contributed by atoms with Gasteiger partial charge in [0.2, 0.25) is 0 Å². The molecule has 1 aliphatic heterocycles. The molecular weight excluding hydrogens is 330 g/mol. The Hall–Kier alpha value is -3.08. The Bertz CT molecular complexity index is 1020. The molecule has 5 heteroatoms. The topological polar surface area (TPSA) is 59.8 Å². The molecule has 1 amide bonds. The van der Waals surface area contributed by atoms with E-state index in [-0.39, 0.29) is 12.0 Å². The third-order valence-electron chi connectivity index (χ3n) is 4.62. The van der Waals surface area contributed by atoms with Crippen LogP contribution in [0.1, 0.15) is 22.5 Å². The highest BCUT2D eigenvalue weighted by molar-refractivity contribution is 6.07. The standard InChI is InChI=1S/C21H19NO4/c1-14-11-17(12-20(23)25-14)26-16-9-10-22(13-16)21(24)19-8-4-6-15-5-2-3-7-18(15)19/h2-8,11-12,16H,9-10,13H2,1H3. The van der Waals surface area contributed by atoms with Crippen LogP contribution >= 0.6 is 0 Å². The second-order valence-corrected chi connectivity index (χ2v) is 6.53. The normalized spacial score (nSPS) is 16.8. The van der Waals surface area contributed by atoms with Gasteiger partial charge in [0.1, 0.15) is 17.6 Å². The molecule has 2 heterocycles. The summed E-state index contributed by atoms with van der Waals surface area (Å²) < 4.78 is 10.8. The van der Waals surface area contributed by atoms with E-state index in [1.165, 1.54) is 6.07 Å². The average molecular weight is 349 g/mol. The second-order valence-electron chi connectivity index (χ2n) is 6.53. The minimum absolute atomic E-state index is 0.0108. The second kappa shape index (κ2) is 6.67. The van der Waals surface area contributed by atoms with Crippen LogP contribution in [-0.2, 0) is 0 Å². The lowest BCUT2D eigenvalue weighted by Crippen LogP contribution is -2.31. The van der Waals surface area contributed by atoms with Gasteiger partial charge in [-0.3, -0.25) is 4.79 Å². The highest BCUT2D eigenvalue weighted by Gasteiger charge is 2.29. The molecule has 0 bridgehead atoms. The minimum Gasteiger partial charge on any atom is -0.488 e. The number of likely N-dealkylation sites (tertiary alicyclic amines) is 1. The molecule has 1 aliphatic rings. The number of ether oxygens (including phenoxy) is 1. The fourth-order valence-electron chi connectivity index (χ4n) is 3.43. The van der Waals surface area contributed by atoms with E-state index in [0.29, 0.717) is 30.2 Å². The van der Waals surface area contributed by atoms with E-state index in [2.05, 4.69) is 0 Å².